The third kappa shape index (κ3) is 3.21. The summed E-state index contributed by atoms with van der Waals surface area (Å²) in [6.07, 6.45) is 3.50. The van der Waals surface area contributed by atoms with Crippen molar-refractivity contribution in [2.75, 3.05) is 18.0 Å². The van der Waals surface area contributed by atoms with E-state index >= 15 is 0 Å². The second kappa shape index (κ2) is 6.21. The van der Waals surface area contributed by atoms with Crippen molar-refractivity contribution < 1.29 is 5.11 Å². The Balaban J connectivity index is 1.75. The van der Waals surface area contributed by atoms with Crippen LogP contribution in [-0.4, -0.2) is 18.2 Å². The van der Waals surface area contributed by atoms with Crippen LogP contribution in [0.2, 0.25) is 0 Å². The maximum atomic E-state index is 9.67. The number of hydrogen-bond donors (Lipinski definition) is 1. The molecule has 3 rings (SSSR count). The minimum atomic E-state index is 0.372. The van der Waals surface area contributed by atoms with Crippen molar-refractivity contribution in [1.29, 1.82) is 0 Å². The van der Waals surface area contributed by atoms with Gasteiger partial charge in [0.15, 0.2) is 0 Å². The van der Waals surface area contributed by atoms with Crippen LogP contribution in [0.3, 0.4) is 0 Å². The molecular formula is C19H23NO. The van der Waals surface area contributed by atoms with E-state index in [1.165, 1.54) is 29.7 Å². The van der Waals surface area contributed by atoms with E-state index in [2.05, 4.69) is 42.2 Å². The fraction of sp³-hybridized carbons (Fsp3) is 0.368. The molecule has 1 fully saturated rings. The van der Waals surface area contributed by atoms with Crippen molar-refractivity contribution in [3.63, 3.8) is 0 Å². The lowest BCUT2D eigenvalue weighted by atomic mass is 9.90. The number of rotatable bonds is 3. The van der Waals surface area contributed by atoms with Gasteiger partial charge in [-0.2, -0.15) is 0 Å². The van der Waals surface area contributed by atoms with E-state index in [0.29, 0.717) is 11.7 Å². The summed E-state index contributed by atoms with van der Waals surface area (Å²) < 4.78 is 0. The summed E-state index contributed by atoms with van der Waals surface area (Å²) in [4.78, 5) is 2.47. The van der Waals surface area contributed by atoms with Crippen LogP contribution in [-0.2, 0) is 6.42 Å². The first-order valence-electron chi connectivity index (χ1n) is 7.89. The molecule has 0 aliphatic carbocycles. The average Bonchev–Trinajstić information content (AvgIpc) is 2.55. The topological polar surface area (TPSA) is 23.5 Å². The molecule has 1 N–H and O–H groups in total. The monoisotopic (exact) mass is 281 g/mol. The minimum Gasteiger partial charge on any atom is -0.508 e. The smallest absolute Gasteiger partial charge is 0.115 e. The van der Waals surface area contributed by atoms with Crippen molar-refractivity contribution in [3.8, 4) is 5.75 Å². The van der Waals surface area contributed by atoms with Crippen molar-refractivity contribution in [2.45, 2.75) is 32.1 Å². The van der Waals surface area contributed by atoms with Crippen molar-refractivity contribution in [2.24, 2.45) is 0 Å². The van der Waals surface area contributed by atoms with Gasteiger partial charge in [0.2, 0.25) is 0 Å². The van der Waals surface area contributed by atoms with Gasteiger partial charge in [0, 0.05) is 24.7 Å². The zero-order valence-corrected chi connectivity index (χ0v) is 12.6. The van der Waals surface area contributed by atoms with Crippen LogP contribution in [0.15, 0.2) is 48.5 Å². The third-order valence-electron chi connectivity index (χ3n) is 4.47. The number of hydrogen-bond acceptors (Lipinski definition) is 2. The van der Waals surface area contributed by atoms with Gasteiger partial charge in [-0.05, 0) is 54.7 Å². The molecule has 0 amide bonds. The highest BCUT2D eigenvalue weighted by Crippen LogP contribution is 2.31. The summed E-state index contributed by atoms with van der Waals surface area (Å²) in [5.41, 5.74) is 3.96. The van der Waals surface area contributed by atoms with E-state index in [9.17, 15) is 5.11 Å². The maximum absolute atomic E-state index is 9.67. The Bertz CT molecular complexity index is 591. The van der Waals surface area contributed by atoms with Gasteiger partial charge in [-0.15, -0.1) is 0 Å². The molecule has 1 heterocycles. The van der Waals surface area contributed by atoms with Crippen molar-refractivity contribution in [3.05, 3.63) is 59.7 Å². The van der Waals surface area contributed by atoms with Gasteiger partial charge in [0.05, 0.1) is 0 Å². The molecule has 0 saturated carbocycles. The van der Waals surface area contributed by atoms with E-state index in [-0.39, 0.29) is 0 Å². The summed E-state index contributed by atoms with van der Waals surface area (Å²) in [6.45, 7) is 4.35. The second-order valence-corrected chi connectivity index (χ2v) is 5.90. The van der Waals surface area contributed by atoms with Gasteiger partial charge in [0.25, 0.3) is 0 Å². The molecule has 1 aliphatic heterocycles. The first-order valence-corrected chi connectivity index (χ1v) is 7.89. The highest BCUT2D eigenvalue weighted by atomic mass is 16.3. The molecule has 0 bridgehead atoms. The normalized spacial score (nSPS) is 18.7. The largest absolute Gasteiger partial charge is 0.508 e. The number of phenolic OH excluding ortho intramolecular Hbond substituents is 1. The lowest BCUT2D eigenvalue weighted by molar-refractivity contribution is 0.469. The van der Waals surface area contributed by atoms with Gasteiger partial charge in [0.1, 0.15) is 5.75 Å². The van der Waals surface area contributed by atoms with Gasteiger partial charge < -0.3 is 10.0 Å². The Morgan fingerprint density at radius 3 is 2.67 bits per heavy atom. The minimum absolute atomic E-state index is 0.372. The molecule has 21 heavy (non-hydrogen) atoms. The van der Waals surface area contributed by atoms with Crippen LogP contribution < -0.4 is 4.90 Å². The second-order valence-electron chi connectivity index (χ2n) is 5.90. The van der Waals surface area contributed by atoms with Crippen molar-refractivity contribution in [1.82, 2.24) is 0 Å². The van der Waals surface area contributed by atoms with E-state index in [1.807, 2.05) is 12.1 Å². The molecule has 0 spiro atoms. The molecule has 1 saturated heterocycles. The molecule has 0 aromatic heterocycles. The maximum Gasteiger partial charge on any atom is 0.115 e. The summed E-state index contributed by atoms with van der Waals surface area (Å²) in [5.74, 6) is 0.883. The van der Waals surface area contributed by atoms with Crippen LogP contribution >= 0.6 is 0 Å². The van der Waals surface area contributed by atoms with E-state index in [0.717, 1.165) is 19.5 Å². The predicted octanol–water partition coefficient (Wildman–Crippen LogP) is 4.34. The molecule has 1 aliphatic rings. The van der Waals surface area contributed by atoms with Crippen molar-refractivity contribution >= 4 is 5.69 Å². The fourth-order valence-corrected chi connectivity index (χ4v) is 3.20. The first-order chi connectivity index (χ1) is 10.3. The summed E-state index contributed by atoms with van der Waals surface area (Å²) >= 11 is 0. The molecule has 2 aromatic rings. The van der Waals surface area contributed by atoms with Gasteiger partial charge in [-0.3, -0.25) is 0 Å². The van der Waals surface area contributed by atoms with Crippen LogP contribution in [0.5, 0.6) is 5.75 Å². The van der Waals surface area contributed by atoms with E-state index in [1.54, 1.807) is 6.07 Å². The first kappa shape index (κ1) is 14.0. The Morgan fingerprint density at radius 2 is 1.95 bits per heavy atom. The van der Waals surface area contributed by atoms with Crippen LogP contribution in [0.25, 0.3) is 0 Å². The molecule has 2 heteroatoms. The molecular weight excluding hydrogens is 258 g/mol. The average molecular weight is 281 g/mol. The quantitative estimate of drug-likeness (QED) is 0.904. The van der Waals surface area contributed by atoms with Crippen LogP contribution in [0, 0.1) is 0 Å². The number of aromatic hydroxyl groups is 1. The van der Waals surface area contributed by atoms with Crippen LogP contribution in [0.4, 0.5) is 5.69 Å². The zero-order chi connectivity index (χ0) is 14.7. The highest BCUT2D eigenvalue weighted by molar-refractivity contribution is 5.49. The zero-order valence-electron chi connectivity index (χ0n) is 12.6. The molecule has 110 valence electrons. The number of phenols is 1. The van der Waals surface area contributed by atoms with E-state index in [4.69, 9.17) is 0 Å². The van der Waals surface area contributed by atoms with E-state index < -0.39 is 0 Å². The Kier molecular flexibility index (Phi) is 4.14. The highest BCUT2D eigenvalue weighted by Gasteiger charge is 2.21. The summed E-state index contributed by atoms with van der Waals surface area (Å²) in [7, 11) is 0. The lowest BCUT2D eigenvalue weighted by Crippen LogP contribution is -2.34. The number of benzene rings is 2. The number of piperidine rings is 1. The fourth-order valence-electron chi connectivity index (χ4n) is 3.20. The lowest BCUT2D eigenvalue weighted by Gasteiger charge is -2.34. The number of nitrogens with zero attached hydrogens (tertiary/aromatic N) is 1. The van der Waals surface area contributed by atoms with Crippen LogP contribution in [0.1, 0.15) is 36.8 Å². The van der Waals surface area contributed by atoms with Gasteiger partial charge in [-0.1, -0.05) is 31.2 Å². The Labute approximate surface area is 127 Å². The summed E-state index contributed by atoms with van der Waals surface area (Å²) in [6, 6.07) is 16.7. The summed E-state index contributed by atoms with van der Waals surface area (Å²) in [5, 5.41) is 9.67. The third-order valence-corrected chi connectivity index (χ3v) is 4.47. The molecule has 2 aromatic carbocycles. The number of anilines is 1. The molecule has 1 atom stereocenters. The molecule has 2 nitrogen and oxygen atoms in total. The number of aryl methyl sites for hydroxylation is 1. The molecule has 0 radical (unpaired) electrons. The van der Waals surface area contributed by atoms with Gasteiger partial charge >= 0.3 is 0 Å². The standard InChI is InChI=1S/C19H23NO/c1-2-15-8-10-18(11-9-15)20-12-4-6-17(14-20)16-5-3-7-19(21)13-16/h3,5,7-11,13,17,21H,2,4,6,12,14H2,1H3/t17-/m1/s1. The SMILES string of the molecule is CCc1ccc(N2CCC[C@@H](c3cccc(O)c3)C2)cc1. The molecule has 0 unspecified atom stereocenters. The Morgan fingerprint density at radius 1 is 1.14 bits per heavy atom. The predicted molar refractivity (Wildman–Crippen MR) is 88.1 cm³/mol. The van der Waals surface area contributed by atoms with Gasteiger partial charge in [-0.25, -0.2) is 0 Å². The Hall–Kier alpha value is -1.96.